The smallest absolute Gasteiger partial charge is 0.183 e. The lowest BCUT2D eigenvalue weighted by atomic mass is 10.3. The number of hydrogen-bond acceptors (Lipinski definition) is 4. The number of thiazole rings is 1. The second-order valence-corrected chi connectivity index (χ2v) is 5.27. The van der Waals surface area contributed by atoms with Crippen molar-refractivity contribution in [1.82, 2.24) is 4.98 Å². The number of benzene rings is 1. The van der Waals surface area contributed by atoms with Crippen LogP contribution in [0.2, 0.25) is 0 Å². The molecule has 0 saturated carbocycles. The van der Waals surface area contributed by atoms with E-state index in [1.54, 1.807) is 11.3 Å². The molecule has 0 aliphatic carbocycles. The molecule has 0 atom stereocenters. The normalized spacial score (nSPS) is 11.1. The first-order valence-corrected chi connectivity index (χ1v) is 6.82. The Morgan fingerprint density at radius 3 is 2.94 bits per heavy atom. The highest BCUT2D eigenvalue weighted by atomic mass is 32.1. The second kappa shape index (κ2) is 5.36. The Bertz CT molecular complexity index is 493. The summed E-state index contributed by atoms with van der Waals surface area (Å²) in [6.45, 7) is 7.18. The van der Waals surface area contributed by atoms with Crippen LogP contribution >= 0.6 is 11.3 Å². The Labute approximate surface area is 106 Å². The summed E-state index contributed by atoms with van der Waals surface area (Å²) in [5.41, 5.74) is 1.03. The summed E-state index contributed by atoms with van der Waals surface area (Å²) < 4.78 is 6.84. The SMILES string of the molecule is CCCNc1nc2ccc(OC(C)C)cc2s1. The monoisotopic (exact) mass is 250 g/mol. The molecule has 0 radical (unpaired) electrons. The molecule has 1 aromatic heterocycles. The first-order chi connectivity index (χ1) is 8.19. The van der Waals surface area contributed by atoms with Crippen LogP contribution in [0.4, 0.5) is 5.13 Å². The molecule has 3 nitrogen and oxygen atoms in total. The topological polar surface area (TPSA) is 34.2 Å². The third-order valence-electron chi connectivity index (χ3n) is 2.26. The van der Waals surface area contributed by atoms with Crippen LogP contribution in [0.5, 0.6) is 5.75 Å². The molecule has 0 saturated heterocycles. The quantitative estimate of drug-likeness (QED) is 0.873. The lowest BCUT2D eigenvalue weighted by Gasteiger charge is -2.08. The molecule has 0 bridgehead atoms. The summed E-state index contributed by atoms with van der Waals surface area (Å²) in [4.78, 5) is 4.52. The minimum atomic E-state index is 0.207. The van der Waals surface area contributed by atoms with E-state index in [0.29, 0.717) is 0 Å². The van der Waals surface area contributed by atoms with Gasteiger partial charge in [-0.15, -0.1) is 0 Å². The summed E-state index contributed by atoms with van der Waals surface area (Å²) in [6, 6.07) is 6.05. The molecule has 17 heavy (non-hydrogen) atoms. The van der Waals surface area contributed by atoms with E-state index in [1.165, 1.54) is 4.70 Å². The summed E-state index contributed by atoms with van der Waals surface area (Å²) in [7, 11) is 0. The number of hydrogen-bond donors (Lipinski definition) is 1. The highest BCUT2D eigenvalue weighted by molar-refractivity contribution is 7.22. The fraction of sp³-hybridized carbons (Fsp3) is 0.462. The van der Waals surface area contributed by atoms with Gasteiger partial charge in [0.1, 0.15) is 5.75 Å². The van der Waals surface area contributed by atoms with Crippen LogP contribution < -0.4 is 10.1 Å². The zero-order chi connectivity index (χ0) is 12.3. The van der Waals surface area contributed by atoms with Gasteiger partial charge >= 0.3 is 0 Å². The minimum Gasteiger partial charge on any atom is -0.491 e. The number of nitrogens with zero attached hydrogens (tertiary/aromatic N) is 1. The molecule has 2 rings (SSSR count). The largest absolute Gasteiger partial charge is 0.491 e. The van der Waals surface area contributed by atoms with Crippen LogP contribution in [-0.2, 0) is 0 Å². The van der Waals surface area contributed by atoms with E-state index in [2.05, 4.69) is 23.3 Å². The Hall–Kier alpha value is -1.29. The van der Waals surface area contributed by atoms with Gasteiger partial charge in [0.15, 0.2) is 5.13 Å². The molecule has 4 heteroatoms. The molecule has 1 aromatic carbocycles. The van der Waals surface area contributed by atoms with E-state index in [0.717, 1.165) is 29.4 Å². The number of ether oxygens (including phenoxy) is 1. The zero-order valence-corrected chi connectivity index (χ0v) is 11.3. The molecule has 0 unspecified atom stereocenters. The predicted molar refractivity (Wildman–Crippen MR) is 74.2 cm³/mol. The van der Waals surface area contributed by atoms with Gasteiger partial charge in [-0.3, -0.25) is 0 Å². The molecule has 0 aliphatic heterocycles. The third-order valence-corrected chi connectivity index (χ3v) is 3.23. The van der Waals surface area contributed by atoms with Crippen LogP contribution in [0.25, 0.3) is 10.2 Å². The molecule has 92 valence electrons. The first-order valence-electron chi connectivity index (χ1n) is 6.00. The van der Waals surface area contributed by atoms with Gasteiger partial charge in [0.05, 0.1) is 16.3 Å². The van der Waals surface area contributed by atoms with Crippen LogP contribution in [0.1, 0.15) is 27.2 Å². The van der Waals surface area contributed by atoms with Crippen molar-refractivity contribution >= 4 is 26.7 Å². The molecular formula is C13H18N2OS. The lowest BCUT2D eigenvalue weighted by molar-refractivity contribution is 0.243. The van der Waals surface area contributed by atoms with E-state index in [-0.39, 0.29) is 6.10 Å². The van der Waals surface area contributed by atoms with Crippen molar-refractivity contribution in [2.45, 2.75) is 33.3 Å². The van der Waals surface area contributed by atoms with Crippen LogP contribution in [0, 0.1) is 0 Å². The average molecular weight is 250 g/mol. The molecule has 1 N–H and O–H groups in total. The lowest BCUT2D eigenvalue weighted by Crippen LogP contribution is -2.04. The van der Waals surface area contributed by atoms with Gasteiger partial charge in [0.25, 0.3) is 0 Å². The standard InChI is InChI=1S/C13H18N2OS/c1-4-7-14-13-15-11-6-5-10(16-9(2)3)8-12(11)17-13/h5-6,8-9H,4,7H2,1-3H3,(H,14,15). The van der Waals surface area contributed by atoms with Gasteiger partial charge < -0.3 is 10.1 Å². The third kappa shape index (κ3) is 3.09. The maximum Gasteiger partial charge on any atom is 0.183 e. The molecule has 0 aliphatic rings. The van der Waals surface area contributed by atoms with Crippen molar-refractivity contribution in [2.24, 2.45) is 0 Å². The van der Waals surface area contributed by atoms with Gasteiger partial charge in [-0.2, -0.15) is 0 Å². The van der Waals surface area contributed by atoms with E-state index < -0.39 is 0 Å². The number of anilines is 1. The Balaban J connectivity index is 2.21. The molecule has 2 aromatic rings. The number of aromatic nitrogens is 1. The first kappa shape index (κ1) is 12.2. The van der Waals surface area contributed by atoms with Crippen LogP contribution in [0.3, 0.4) is 0 Å². The van der Waals surface area contributed by atoms with E-state index in [1.807, 2.05) is 26.0 Å². The van der Waals surface area contributed by atoms with Gasteiger partial charge in [0.2, 0.25) is 0 Å². The van der Waals surface area contributed by atoms with Gasteiger partial charge in [-0.25, -0.2) is 4.98 Å². The number of nitrogens with one attached hydrogen (secondary N) is 1. The fourth-order valence-electron chi connectivity index (χ4n) is 1.56. The molecule has 0 fully saturated rings. The Morgan fingerprint density at radius 1 is 1.41 bits per heavy atom. The predicted octanol–water partition coefficient (Wildman–Crippen LogP) is 3.91. The summed E-state index contributed by atoms with van der Waals surface area (Å²) >= 11 is 1.68. The summed E-state index contributed by atoms with van der Waals surface area (Å²) in [6.07, 6.45) is 1.32. The van der Waals surface area contributed by atoms with Crippen molar-refractivity contribution in [3.63, 3.8) is 0 Å². The zero-order valence-electron chi connectivity index (χ0n) is 10.5. The fourth-order valence-corrected chi connectivity index (χ4v) is 2.48. The second-order valence-electron chi connectivity index (χ2n) is 4.24. The van der Waals surface area contributed by atoms with Crippen molar-refractivity contribution < 1.29 is 4.74 Å². The maximum atomic E-state index is 5.67. The summed E-state index contributed by atoms with van der Waals surface area (Å²) in [5.74, 6) is 0.915. The van der Waals surface area contributed by atoms with E-state index in [4.69, 9.17) is 4.74 Å². The van der Waals surface area contributed by atoms with E-state index in [9.17, 15) is 0 Å². The van der Waals surface area contributed by atoms with E-state index >= 15 is 0 Å². The molecule has 1 heterocycles. The molecular weight excluding hydrogens is 232 g/mol. The van der Waals surface area contributed by atoms with Crippen molar-refractivity contribution in [1.29, 1.82) is 0 Å². The maximum absolute atomic E-state index is 5.67. The van der Waals surface area contributed by atoms with Crippen LogP contribution in [-0.4, -0.2) is 17.6 Å². The van der Waals surface area contributed by atoms with Crippen molar-refractivity contribution in [3.05, 3.63) is 18.2 Å². The highest BCUT2D eigenvalue weighted by Crippen LogP contribution is 2.29. The average Bonchev–Trinajstić information content (AvgIpc) is 2.67. The van der Waals surface area contributed by atoms with Gasteiger partial charge in [-0.05, 0) is 38.5 Å². The van der Waals surface area contributed by atoms with Gasteiger partial charge in [0, 0.05) is 6.54 Å². The molecule has 0 spiro atoms. The number of fused-ring (bicyclic) bond motifs is 1. The van der Waals surface area contributed by atoms with Crippen molar-refractivity contribution in [3.8, 4) is 5.75 Å². The summed E-state index contributed by atoms with van der Waals surface area (Å²) in [5, 5.41) is 4.30. The number of rotatable bonds is 5. The van der Waals surface area contributed by atoms with Crippen molar-refractivity contribution in [2.75, 3.05) is 11.9 Å². The minimum absolute atomic E-state index is 0.207. The van der Waals surface area contributed by atoms with Crippen LogP contribution in [0.15, 0.2) is 18.2 Å². The van der Waals surface area contributed by atoms with Gasteiger partial charge in [-0.1, -0.05) is 18.3 Å². The Kier molecular flexibility index (Phi) is 3.84. The Morgan fingerprint density at radius 2 is 2.24 bits per heavy atom. The molecule has 0 amide bonds. The highest BCUT2D eigenvalue weighted by Gasteiger charge is 2.05.